The van der Waals surface area contributed by atoms with Crippen molar-refractivity contribution < 1.29 is 9.53 Å². The fraction of sp³-hybridized carbons (Fsp3) is 0.500. The highest BCUT2D eigenvalue weighted by atomic mass is 32.2. The summed E-state index contributed by atoms with van der Waals surface area (Å²) < 4.78 is 5.24. The Balaban J connectivity index is 1.92. The molecule has 98 valence electrons. The number of nitrogens with two attached hydrogens (primary N) is 1. The zero-order valence-corrected chi connectivity index (χ0v) is 11.2. The molecule has 1 aliphatic rings. The van der Waals surface area contributed by atoms with Crippen molar-refractivity contribution in [3.8, 4) is 0 Å². The Labute approximate surface area is 111 Å². The Kier molecular flexibility index (Phi) is 4.43. The fourth-order valence-corrected chi connectivity index (χ4v) is 2.68. The Bertz CT molecular complexity index is 404. The second kappa shape index (κ2) is 6.06. The van der Waals surface area contributed by atoms with Gasteiger partial charge < -0.3 is 15.4 Å². The molecule has 2 N–H and O–H groups in total. The molecular weight excluding hydrogens is 250 g/mol. The summed E-state index contributed by atoms with van der Waals surface area (Å²) in [7, 11) is 0. The molecule has 0 saturated carbocycles. The third kappa shape index (κ3) is 3.36. The first-order valence-electron chi connectivity index (χ1n) is 5.91. The van der Waals surface area contributed by atoms with Gasteiger partial charge in [0.1, 0.15) is 5.82 Å². The van der Waals surface area contributed by atoms with Crippen molar-refractivity contribution >= 4 is 23.5 Å². The molecule has 1 saturated heterocycles. The summed E-state index contributed by atoms with van der Waals surface area (Å²) in [4.78, 5) is 19.0. The molecule has 18 heavy (non-hydrogen) atoms. The first-order valence-corrected chi connectivity index (χ1v) is 6.79. The SMILES string of the molecule is CC(Sc1ccc(N)nc1)C(=O)N1CCOCC1. The van der Waals surface area contributed by atoms with Crippen molar-refractivity contribution in [2.24, 2.45) is 0 Å². The predicted octanol–water partition coefficient (Wildman–Crippen LogP) is 1.00. The minimum absolute atomic E-state index is 0.117. The number of hydrogen-bond donors (Lipinski definition) is 1. The lowest BCUT2D eigenvalue weighted by Gasteiger charge is -2.29. The number of nitrogens with zero attached hydrogens (tertiary/aromatic N) is 2. The van der Waals surface area contributed by atoms with E-state index in [1.54, 1.807) is 12.3 Å². The standard InChI is InChI=1S/C12H17N3O2S/c1-9(12(16)15-4-6-17-7-5-15)18-10-2-3-11(13)14-8-10/h2-3,8-9H,4-7H2,1H3,(H2,13,14). The average molecular weight is 267 g/mol. The molecule has 0 spiro atoms. The van der Waals surface area contributed by atoms with Gasteiger partial charge in [-0.2, -0.15) is 0 Å². The zero-order chi connectivity index (χ0) is 13.0. The number of morpholine rings is 1. The molecular formula is C12H17N3O2S. The molecule has 0 aromatic carbocycles. The molecule has 5 nitrogen and oxygen atoms in total. The number of pyridine rings is 1. The van der Waals surface area contributed by atoms with Crippen LogP contribution in [0.5, 0.6) is 0 Å². The second-order valence-electron chi connectivity index (χ2n) is 4.12. The highest BCUT2D eigenvalue weighted by Gasteiger charge is 2.23. The van der Waals surface area contributed by atoms with Crippen LogP contribution >= 0.6 is 11.8 Å². The maximum atomic E-state index is 12.2. The normalized spacial score (nSPS) is 17.5. The molecule has 1 atom stereocenters. The molecule has 0 aliphatic carbocycles. The third-order valence-corrected chi connectivity index (χ3v) is 3.81. The van der Waals surface area contributed by atoms with E-state index in [1.165, 1.54) is 11.8 Å². The summed E-state index contributed by atoms with van der Waals surface area (Å²) in [6.07, 6.45) is 1.70. The molecule has 0 bridgehead atoms. The Hall–Kier alpha value is -1.27. The van der Waals surface area contributed by atoms with Gasteiger partial charge in [-0.25, -0.2) is 4.98 Å². The monoisotopic (exact) mass is 267 g/mol. The number of nitrogen functional groups attached to an aromatic ring is 1. The Morgan fingerprint density at radius 2 is 2.22 bits per heavy atom. The van der Waals surface area contributed by atoms with E-state index in [9.17, 15) is 4.79 Å². The van der Waals surface area contributed by atoms with Crippen LogP contribution in [0.3, 0.4) is 0 Å². The van der Waals surface area contributed by atoms with E-state index in [4.69, 9.17) is 10.5 Å². The lowest BCUT2D eigenvalue weighted by molar-refractivity contribution is -0.134. The van der Waals surface area contributed by atoms with Crippen LogP contribution in [-0.2, 0) is 9.53 Å². The molecule has 1 amide bonds. The zero-order valence-electron chi connectivity index (χ0n) is 10.3. The van der Waals surface area contributed by atoms with E-state index < -0.39 is 0 Å². The number of hydrogen-bond acceptors (Lipinski definition) is 5. The second-order valence-corrected chi connectivity index (χ2v) is 5.53. The van der Waals surface area contributed by atoms with Gasteiger partial charge in [-0.1, -0.05) is 0 Å². The topological polar surface area (TPSA) is 68.5 Å². The predicted molar refractivity (Wildman–Crippen MR) is 71.4 cm³/mol. The largest absolute Gasteiger partial charge is 0.384 e. The number of thioether (sulfide) groups is 1. The molecule has 0 radical (unpaired) electrons. The van der Waals surface area contributed by atoms with Crippen molar-refractivity contribution in [1.82, 2.24) is 9.88 Å². The summed E-state index contributed by atoms with van der Waals surface area (Å²) in [5.74, 6) is 0.645. The van der Waals surface area contributed by atoms with Crippen LogP contribution in [0, 0.1) is 0 Å². The first-order chi connectivity index (χ1) is 8.66. The molecule has 2 heterocycles. The van der Waals surface area contributed by atoms with Gasteiger partial charge in [0.15, 0.2) is 0 Å². The quantitative estimate of drug-likeness (QED) is 0.828. The summed E-state index contributed by atoms with van der Waals surface area (Å²) in [6, 6.07) is 3.63. The van der Waals surface area contributed by atoms with Crippen LogP contribution in [-0.4, -0.2) is 47.3 Å². The van der Waals surface area contributed by atoms with E-state index in [-0.39, 0.29) is 11.2 Å². The number of ether oxygens (including phenoxy) is 1. The van der Waals surface area contributed by atoms with Crippen molar-refractivity contribution in [3.05, 3.63) is 18.3 Å². The highest BCUT2D eigenvalue weighted by Crippen LogP contribution is 2.24. The van der Waals surface area contributed by atoms with Crippen molar-refractivity contribution in [2.45, 2.75) is 17.1 Å². The average Bonchev–Trinajstić information content (AvgIpc) is 2.41. The van der Waals surface area contributed by atoms with Crippen molar-refractivity contribution in [1.29, 1.82) is 0 Å². The van der Waals surface area contributed by atoms with E-state index >= 15 is 0 Å². The van der Waals surface area contributed by atoms with Crippen molar-refractivity contribution in [3.63, 3.8) is 0 Å². The number of carbonyl (C=O) groups is 1. The number of rotatable bonds is 3. The van der Waals surface area contributed by atoms with Crippen LogP contribution < -0.4 is 5.73 Å². The Morgan fingerprint density at radius 3 is 2.83 bits per heavy atom. The van der Waals surface area contributed by atoms with Gasteiger partial charge in [0.05, 0.1) is 18.5 Å². The lowest BCUT2D eigenvalue weighted by Crippen LogP contribution is -2.44. The van der Waals surface area contributed by atoms with Gasteiger partial charge in [0, 0.05) is 24.2 Å². The Morgan fingerprint density at radius 1 is 1.50 bits per heavy atom. The molecule has 1 aliphatic heterocycles. The van der Waals surface area contributed by atoms with Crippen LogP contribution in [0.15, 0.2) is 23.2 Å². The maximum absolute atomic E-state index is 12.2. The van der Waals surface area contributed by atoms with Crippen LogP contribution in [0.25, 0.3) is 0 Å². The molecule has 1 unspecified atom stereocenters. The molecule has 1 aromatic rings. The number of carbonyl (C=O) groups excluding carboxylic acids is 1. The smallest absolute Gasteiger partial charge is 0.235 e. The summed E-state index contributed by atoms with van der Waals surface area (Å²) in [6.45, 7) is 4.55. The maximum Gasteiger partial charge on any atom is 0.235 e. The summed E-state index contributed by atoms with van der Waals surface area (Å²) in [5.41, 5.74) is 5.52. The molecule has 1 aromatic heterocycles. The van der Waals surface area contributed by atoms with Gasteiger partial charge >= 0.3 is 0 Å². The van der Waals surface area contributed by atoms with Crippen LogP contribution in [0.2, 0.25) is 0 Å². The van der Waals surface area contributed by atoms with E-state index in [1.807, 2.05) is 17.9 Å². The van der Waals surface area contributed by atoms with Gasteiger partial charge in [-0.05, 0) is 19.1 Å². The minimum atomic E-state index is -0.117. The fourth-order valence-electron chi connectivity index (χ4n) is 1.76. The number of amides is 1. The third-order valence-electron chi connectivity index (χ3n) is 2.74. The van der Waals surface area contributed by atoms with Gasteiger partial charge in [-0.3, -0.25) is 4.79 Å². The lowest BCUT2D eigenvalue weighted by atomic mass is 10.3. The summed E-state index contributed by atoms with van der Waals surface area (Å²) >= 11 is 1.50. The van der Waals surface area contributed by atoms with Gasteiger partial charge in [0.2, 0.25) is 5.91 Å². The molecule has 2 rings (SSSR count). The number of anilines is 1. The minimum Gasteiger partial charge on any atom is -0.384 e. The van der Waals surface area contributed by atoms with E-state index in [0.29, 0.717) is 32.1 Å². The first kappa shape index (κ1) is 13.2. The van der Waals surface area contributed by atoms with E-state index in [0.717, 1.165) is 4.90 Å². The number of aromatic nitrogens is 1. The van der Waals surface area contributed by atoms with Gasteiger partial charge in [0.25, 0.3) is 0 Å². The van der Waals surface area contributed by atoms with E-state index in [2.05, 4.69) is 4.98 Å². The highest BCUT2D eigenvalue weighted by molar-refractivity contribution is 8.00. The van der Waals surface area contributed by atoms with Gasteiger partial charge in [-0.15, -0.1) is 11.8 Å². The van der Waals surface area contributed by atoms with Crippen LogP contribution in [0.1, 0.15) is 6.92 Å². The molecule has 6 heteroatoms. The van der Waals surface area contributed by atoms with Crippen LogP contribution in [0.4, 0.5) is 5.82 Å². The molecule has 1 fully saturated rings. The summed E-state index contributed by atoms with van der Waals surface area (Å²) in [5, 5.41) is -0.117. The van der Waals surface area contributed by atoms with Crippen molar-refractivity contribution in [2.75, 3.05) is 32.0 Å².